The highest BCUT2D eigenvalue weighted by atomic mass is 19.1. The van der Waals surface area contributed by atoms with Gasteiger partial charge < -0.3 is 10.1 Å². The summed E-state index contributed by atoms with van der Waals surface area (Å²) < 4.78 is 18.8. The SMILES string of the molecule is COc1ccc(CC(C)Nc2cc(C)ccc2F)cc1. The number of anilines is 1. The number of nitrogens with one attached hydrogen (secondary N) is 1. The summed E-state index contributed by atoms with van der Waals surface area (Å²) in [6.07, 6.45) is 0.831. The van der Waals surface area contributed by atoms with Gasteiger partial charge in [-0.15, -0.1) is 0 Å². The largest absolute Gasteiger partial charge is 0.497 e. The van der Waals surface area contributed by atoms with Crippen molar-refractivity contribution in [2.24, 2.45) is 0 Å². The molecular formula is C17H20FNO. The van der Waals surface area contributed by atoms with Gasteiger partial charge >= 0.3 is 0 Å². The molecule has 0 saturated heterocycles. The molecule has 1 atom stereocenters. The van der Waals surface area contributed by atoms with E-state index >= 15 is 0 Å². The molecule has 3 heteroatoms. The van der Waals surface area contributed by atoms with Crippen molar-refractivity contribution in [1.82, 2.24) is 0 Å². The van der Waals surface area contributed by atoms with Crippen LogP contribution in [0.4, 0.5) is 10.1 Å². The molecule has 0 radical (unpaired) electrons. The van der Waals surface area contributed by atoms with Crippen LogP contribution < -0.4 is 10.1 Å². The van der Waals surface area contributed by atoms with E-state index in [0.717, 1.165) is 17.7 Å². The lowest BCUT2D eigenvalue weighted by molar-refractivity contribution is 0.414. The molecule has 0 aliphatic heterocycles. The predicted molar refractivity (Wildman–Crippen MR) is 80.9 cm³/mol. The number of hydrogen-bond donors (Lipinski definition) is 1. The lowest BCUT2D eigenvalue weighted by atomic mass is 10.1. The number of ether oxygens (including phenoxy) is 1. The van der Waals surface area contributed by atoms with Crippen molar-refractivity contribution in [1.29, 1.82) is 0 Å². The minimum Gasteiger partial charge on any atom is -0.497 e. The fourth-order valence-corrected chi connectivity index (χ4v) is 2.18. The zero-order chi connectivity index (χ0) is 14.5. The Morgan fingerprint density at radius 3 is 2.50 bits per heavy atom. The van der Waals surface area contributed by atoms with Crippen molar-refractivity contribution in [3.63, 3.8) is 0 Å². The van der Waals surface area contributed by atoms with Gasteiger partial charge in [-0.25, -0.2) is 4.39 Å². The fraction of sp³-hybridized carbons (Fsp3) is 0.294. The van der Waals surface area contributed by atoms with Gasteiger partial charge in [-0.05, 0) is 55.7 Å². The van der Waals surface area contributed by atoms with Gasteiger partial charge in [-0.2, -0.15) is 0 Å². The van der Waals surface area contributed by atoms with Gasteiger partial charge in [0, 0.05) is 6.04 Å². The first-order chi connectivity index (χ1) is 9.58. The van der Waals surface area contributed by atoms with Crippen LogP contribution in [0.1, 0.15) is 18.1 Å². The summed E-state index contributed by atoms with van der Waals surface area (Å²) in [7, 11) is 1.65. The molecule has 0 fully saturated rings. The normalized spacial score (nSPS) is 12.0. The minimum absolute atomic E-state index is 0.152. The van der Waals surface area contributed by atoms with Crippen molar-refractivity contribution in [3.8, 4) is 5.75 Å². The molecule has 2 aromatic carbocycles. The third-order valence-corrected chi connectivity index (χ3v) is 3.22. The Morgan fingerprint density at radius 1 is 1.15 bits per heavy atom. The van der Waals surface area contributed by atoms with E-state index in [2.05, 4.69) is 5.32 Å². The molecule has 2 rings (SSSR count). The highest BCUT2D eigenvalue weighted by Crippen LogP contribution is 2.18. The maximum Gasteiger partial charge on any atom is 0.146 e. The van der Waals surface area contributed by atoms with Gasteiger partial charge in [-0.1, -0.05) is 18.2 Å². The molecule has 0 saturated carbocycles. The Hall–Kier alpha value is -2.03. The number of rotatable bonds is 5. The molecule has 106 valence electrons. The minimum atomic E-state index is -0.211. The van der Waals surface area contributed by atoms with Gasteiger partial charge in [0.25, 0.3) is 0 Å². The van der Waals surface area contributed by atoms with E-state index in [1.54, 1.807) is 13.2 Å². The molecule has 0 amide bonds. The molecule has 2 nitrogen and oxygen atoms in total. The van der Waals surface area contributed by atoms with Gasteiger partial charge in [0.1, 0.15) is 11.6 Å². The Kier molecular flexibility index (Phi) is 4.61. The Balaban J connectivity index is 2.00. The first-order valence-corrected chi connectivity index (χ1v) is 6.74. The Bertz CT molecular complexity index is 566. The van der Waals surface area contributed by atoms with E-state index < -0.39 is 0 Å². The maximum atomic E-state index is 13.7. The Morgan fingerprint density at radius 2 is 1.85 bits per heavy atom. The maximum absolute atomic E-state index is 13.7. The molecule has 20 heavy (non-hydrogen) atoms. The highest BCUT2D eigenvalue weighted by molar-refractivity contribution is 5.48. The second-order valence-corrected chi connectivity index (χ2v) is 5.08. The van der Waals surface area contributed by atoms with Gasteiger partial charge in [0.15, 0.2) is 0 Å². The Labute approximate surface area is 119 Å². The molecule has 0 heterocycles. The summed E-state index contributed by atoms with van der Waals surface area (Å²) >= 11 is 0. The molecule has 0 aromatic heterocycles. The molecular weight excluding hydrogens is 253 g/mol. The van der Waals surface area contributed by atoms with Crippen LogP contribution in [-0.4, -0.2) is 13.2 Å². The highest BCUT2D eigenvalue weighted by Gasteiger charge is 2.07. The smallest absolute Gasteiger partial charge is 0.146 e. The van der Waals surface area contributed by atoms with Crippen molar-refractivity contribution in [3.05, 3.63) is 59.4 Å². The second kappa shape index (κ2) is 6.42. The molecule has 0 bridgehead atoms. The predicted octanol–water partition coefficient (Wildman–Crippen LogP) is 4.19. The van der Waals surface area contributed by atoms with Crippen LogP contribution in [0.2, 0.25) is 0 Å². The van der Waals surface area contributed by atoms with Gasteiger partial charge in [0.2, 0.25) is 0 Å². The number of aryl methyl sites for hydroxylation is 1. The third-order valence-electron chi connectivity index (χ3n) is 3.22. The molecule has 0 aliphatic rings. The van der Waals surface area contributed by atoms with E-state index in [1.165, 1.54) is 11.6 Å². The van der Waals surface area contributed by atoms with Crippen LogP contribution in [0, 0.1) is 12.7 Å². The fourth-order valence-electron chi connectivity index (χ4n) is 2.18. The monoisotopic (exact) mass is 273 g/mol. The number of hydrogen-bond acceptors (Lipinski definition) is 2. The summed E-state index contributed by atoms with van der Waals surface area (Å²) in [5.74, 6) is 0.635. The second-order valence-electron chi connectivity index (χ2n) is 5.08. The summed E-state index contributed by atoms with van der Waals surface area (Å²) in [6, 6.07) is 13.2. The summed E-state index contributed by atoms with van der Waals surface area (Å²) in [5, 5.41) is 3.22. The van der Waals surface area contributed by atoms with Crippen molar-refractivity contribution in [2.45, 2.75) is 26.3 Å². The lowest BCUT2D eigenvalue weighted by Crippen LogP contribution is -2.18. The van der Waals surface area contributed by atoms with E-state index in [1.807, 2.05) is 44.2 Å². The van der Waals surface area contributed by atoms with Crippen LogP contribution in [0.15, 0.2) is 42.5 Å². The lowest BCUT2D eigenvalue weighted by Gasteiger charge is -2.16. The average Bonchev–Trinajstić information content (AvgIpc) is 2.43. The summed E-state index contributed by atoms with van der Waals surface area (Å²) in [5.41, 5.74) is 2.80. The average molecular weight is 273 g/mol. The topological polar surface area (TPSA) is 21.3 Å². The molecule has 0 spiro atoms. The van der Waals surface area contributed by atoms with Crippen molar-refractivity contribution < 1.29 is 9.13 Å². The molecule has 0 aliphatic carbocycles. The zero-order valence-electron chi connectivity index (χ0n) is 12.1. The quantitative estimate of drug-likeness (QED) is 0.882. The van der Waals surface area contributed by atoms with Crippen LogP contribution in [0.3, 0.4) is 0 Å². The van der Waals surface area contributed by atoms with E-state index in [4.69, 9.17) is 4.74 Å². The third kappa shape index (κ3) is 3.73. The number of methoxy groups -OCH3 is 1. The molecule has 2 aromatic rings. The van der Waals surface area contributed by atoms with Crippen LogP contribution in [0.5, 0.6) is 5.75 Å². The van der Waals surface area contributed by atoms with Gasteiger partial charge in [-0.3, -0.25) is 0 Å². The summed E-state index contributed by atoms with van der Waals surface area (Å²) in [6.45, 7) is 4.00. The van der Waals surface area contributed by atoms with E-state index in [9.17, 15) is 4.39 Å². The zero-order valence-corrected chi connectivity index (χ0v) is 12.1. The van der Waals surface area contributed by atoms with Crippen LogP contribution >= 0.6 is 0 Å². The van der Waals surface area contributed by atoms with Crippen LogP contribution in [0.25, 0.3) is 0 Å². The van der Waals surface area contributed by atoms with Crippen molar-refractivity contribution in [2.75, 3.05) is 12.4 Å². The van der Waals surface area contributed by atoms with Crippen molar-refractivity contribution >= 4 is 5.69 Å². The standard InChI is InChI=1S/C17H20FNO/c1-12-4-9-16(18)17(10-12)19-13(2)11-14-5-7-15(20-3)8-6-14/h4-10,13,19H,11H2,1-3H3. The van der Waals surface area contributed by atoms with Gasteiger partial charge in [0.05, 0.1) is 12.8 Å². The first kappa shape index (κ1) is 14.4. The number of benzene rings is 2. The van der Waals surface area contributed by atoms with Crippen LogP contribution in [-0.2, 0) is 6.42 Å². The molecule has 1 N–H and O–H groups in total. The van der Waals surface area contributed by atoms with E-state index in [0.29, 0.717) is 5.69 Å². The summed E-state index contributed by atoms with van der Waals surface area (Å²) in [4.78, 5) is 0. The molecule has 1 unspecified atom stereocenters. The first-order valence-electron chi connectivity index (χ1n) is 6.74. The van der Waals surface area contributed by atoms with E-state index in [-0.39, 0.29) is 11.9 Å². The number of halogens is 1.